The van der Waals surface area contributed by atoms with E-state index in [1.807, 2.05) is 60.5 Å². The first-order valence-corrected chi connectivity index (χ1v) is 6.05. The van der Waals surface area contributed by atoms with E-state index >= 15 is 0 Å². The van der Waals surface area contributed by atoms with Crippen molar-refractivity contribution in [3.05, 3.63) is 54.9 Å². The van der Waals surface area contributed by atoms with Crippen molar-refractivity contribution in [1.29, 1.82) is 0 Å². The lowest BCUT2D eigenvalue weighted by Crippen LogP contribution is -2.11. The summed E-state index contributed by atoms with van der Waals surface area (Å²) >= 11 is 0. The van der Waals surface area contributed by atoms with Gasteiger partial charge in [-0.05, 0) is 30.3 Å². The van der Waals surface area contributed by atoms with Gasteiger partial charge in [-0.3, -0.25) is 0 Å². The summed E-state index contributed by atoms with van der Waals surface area (Å²) in [5.74, 6) is 0.871. The van der Waals surface area contributed by atoms with Crippen molar-refractivity contribution in [2.45, 2.75) is 0 Å². The third-order valence-corrected chi connectivity index (χ3v) is 3.10. The second-order valence-electron chi connectivity index (χ2n) is 4.37. The molecule has 94 valence electrons. The SMILES string of the molecule is CN(c1ccccc1)c1ncnc2cc(N)ccc12. The molecular weight excluding hydrogens is 236 g/mol. The molecule has 3 aromatic rings. The van der Waals surface area contributed by atoms with Crippen LogP contribution in [0, 0.1) is 0 Å². The maximum Gasteiger partial charge on any atom is 0.144 e. The molecule has 2 aromatic carbocycles. The number of benzene rings is 2. The number of fused-ring (bicyclic) bond motifs is 1. The summed E-state index contributed by atoms with van der Waals surface area (Å²) in [5.41, 5.74) is 8.43. The molecule has 0 atom stereocenters. The van der Waals surface area contributed by atoms with Gasteiger partial charge in [-0.1, -0.05) is 18.2 Å². The Morgan fingerprint density at radius 1 is 1.00 bits per heavy atom. The molecule has 4 heteroatoms. The molecule has 2 N–H and O–H groups in total. The molecule has 0 unspecified atom stereocenters. The normalized spacial score (nSPS) is 10.6. The number of aromatic nitrogens is 2. The van der Waals surface area contributed by atoms with E-state index in [0.29, 0.717) is 5.69 Å². The predicted molar refractivity (Wildman–Crippen MR) is 78.5 cm³/mol. The molecule has 1 heterocycles. The third kappa shape index (κ3) is 2.08. The Morgan fingerprint density at radius 2 is 1.79 bits per heavy atom. The first-order valence-electron chi connectivity index (χ1n) is 6.05. The van der Waals surface area contributed by atoms with Gasteiger partial charge in [-0.2, -0.15) is 0 Å². The van der Waals surface area contributed by atoms with Crippen molar-refractivity contribution in [1.82, 2.24) is 9.97 Å². The monoisotopic (exact) mass is 250 g/mol. The topological polar surface area (TPSA) is 55.0 Å². The minimum Gasteiger partial charge on any atom is -0.399 e. The molecule has 0 fully saturated rings. The van der Waals surface area contributed by atoms with E-state index in [-0.39, 0.29) is 0 Å². The van der Waals surface area contributed by atoms with Gasteiger partial charge in [0.25, 0.3) is 0 Å². The van der Waals surface area contributed by atoms with Crippen LogP contribution in [0.25, 0.3) is 10.9 Å². The molecule has 0 aliphatic heterocycles. The molecule has 19 heavy (non-hydrogen) atoms. The summed E-state index contributed by atoms with van der Waals surface area (Å²) in [6, 6.07) is 15.8. The maximum atomic E-state index is 5.79. The number of nitrogens with two attached hydrogens (primary N) is 1. The average Bonchev–Trinajstić information content (AvgIpc) is 2.46. The van der Waals surface area contributed by atoms with Crippen molar-refractivity contribution in [3.8, 4) is 0 Å². The molecule has 0 aliphatic carbocycles. The summed E-state index contributed by atoms with van der Waals surface area (Å²) in [4.78, 5) is 10.7. The number of nitrogen functional groups attached to an aromatic ring is 1. The zero-order valence-corrected chi connectivity index (χ0v) is 10.6. The van der Waals surface area contributed by atoms with E-state index in [9.17, 15) is 0 Å². The quantitative estimate of drug-likeness (QED) is 0.710. The standard InChI is InChI=1S/C15H14N4/c1-19(12-5-3-2-4-6-12)15-13-8-7-11(16)9-14(13)17-10-18-15/h2-10H,16H2,1H3. The van der Waals surface area contributed by atoms with Crippen molar-refractivity contribution in [3.63, 3.8) is 0 Å². The fourth-order valence-corrected chi connectivity index (χ4v) is 2.10. The first-order chi connectivity index (χ1) is 9.25. The highest BCUT2D eigenvalue weighted by molar-refractivity contribution is 5.92. The van der Waals surface area contributed by atoms with E-state index in [0.717, 1.165) is 22.4 Å². The van der Waals surface area contributed by atoms with Gasteiger partial charge in [0.2, 0.25) is 0 Å². The summed E-state index contributed by atoms with van der Waals surface area (Å²) in [6.45, 7) is 0. The number of para-hydroxylation sites is 1. The molecule has 0 radical (unpaired) electrons. The van der Waals surface area contributed by atoms with Crippen molar-refractivity contribution >= 4 is 28.1 Å². The summed E-state index contributed by atoms with van der Waals surface area (Å²) in [5, 5.41) is 0.989. The van der Waals surface area contributed by atoms with Crippen LogP contribution in [0.3, 0.4) is 0 Å². The predicted octanol–water partition coefficient (Wildman–Crippen LogP) is 2.98. The van der Waals surface area contributed by atoms with Crippen molar-refractivity contribution in [2.24, 2.45) is 0 Å². The molecule has 1 aromatic heterocycles. The van der Waals surface area contributed by atoms with Crippen LogP contribution >= 0.6 is 0 Å². The van der Waals surface area contributed by atoms with Gasteiger partial charge in [-0.15, -0.1) is 0 Å². The van der Waals surface area contributed by atoms with Gasteiger partial charge in [0.1, 0.15) is 12.1 Å². The van der Waals surface area contributed by atoms with E-state index in [1.165, 1.54) is 0 Å². The zero-order chi connectivity index (χ0) is 13.2. The highest BCUT2D eigenvalue weighted by Gasteiger charge is 2.09. The Morgan fingerprint density at radius 3 is 2.58 bits per heavy atom. The minimum absolute atomic E-state index is 0.708. The lowest BCUT2D eigenvalue weighted by atomic mass is 10.2. The molecule has 0 aliphatic rings. The van der Waals surface area contributed by atoms with E-state index < -0.39 is 0 Å². The number of hydrogen-bond acceptors (Lipinski definition) is 4. The van der Waals surface area contributed by atoms with Crippen LogP contribution in [0.2, 0.25) is 0 Å². The Bertz CT molecular complexity index is 710. The second-order valence-corrected chi connectivity index (χ2v) is 4.37. The highest BCUT2D eigenvalue weighted by Crippen LogP contribution is 2.28. The lowest BCUT2D eigenvalue weighted by Gasteiger charge is -2.19. The molecule has 0 saturated heterocycles. The fourth-order valence-electron chi connectivity index (χ4n) is 2.10. The number of anilines is 3. The number of rotatable bonds is 2. The van der Waals surface area contributed by atoms with Gasteiger partial charge < -0.3 is 10.6 Å². The van der Waals surface area contributed by atoms with Crippen LogP contribution in [-0.2, 0) is 0 Å². The van der Waals surface area contributed by atoms with E-state index in [4.69, 9.17) is 5.73 Å². The van der Waals surface area contributed by atoms with E-state index in [1.54, 1.807) is 6.33 Å². The Labute approximate surface area is 111 Å². The van der Waals surface area contributed by atoms with Crippen LogP contribution in [0.5, 0.6) is 0 Å². The van der Waals surface area contributed by atoms with Crippen molar-refractivity contribution < 1.29 is 0 Å². The largest absolute Gasteiger partial charge is 0.399 e. The van der Waals surface area contributed by atoms with Gasteiger partial charge in [0.15, 0.2) is 0 Å². The molecular formula is C15H14N4. The molecule has 0 saturated carbocycles. The van der Waals surface area contributed by atoms with Crippen LogP contribution in [0.4, 0.5) is 17.2 Å². The Balaban J connectivity index is 2.15. The molecule has 0 spiro atoms. The van der Waals surface area contributed by atoms with Crippen LogP contribution in [-0.4, -0.2) is 17.0 Å². The summed E-state index contributed by atoms with van der Waals surface area (Å²) in [7, 11) is 1.99. The summed E-state index contributed by atoms with van der Waals surface area (Å²) < 4.78 is 0. The maximum absolute atomic E-state index is 5.79. The second kappa shape index (κ2) is 4.57. The number of hydrogen-bond donors (Lipinski definition) is 1. The molecule has 0 amide bonds. The van der Waals surface area contributed by atoms with Crippen LogP contribution in [0.1, 0.15) is 0 Å². The first kappa shape index (κ1) is 11.5. The summed E-state index contributed by atoms with van der Waals surface area (Å²) in [6.07, 6.45) is 1.57. The van der Waals surface area contributed by atoms with Gasteiger partial charge in [0.05, 0.1) is 5.52 Å². The van der Waals surface area contributed by atoms with Gasteiger partial charge >= 0.3 is 0 Å². The van der Waals surface area contributed by atoms with Gasteiger partial charge in [0, 0.05) is 23.8 Å². The van der Waals surface area contributed by atoms with E-state index in [2.05, 4.69) is 9.97 Å². The zero-order valence-electron chi connectivity index (χ0n) is 10.6. The Kier molecular flexibility index (Phi) is 2.76. The molecule has 0 bridgehead atoms. The van der Waals surface area contributed by atoms with Gasteiger partial charge in [-0.25, -0.2) is 9.97 Å². The average molecular weight is 250 g/mol. The molecule has 4 nitrogen and oxygen atoms in total. The smallest absolute Gasteiger partial charge is 0.144 e. The lowest BCUT2D eigenvalue weighted by molar-refractivity contribution is 1.11. The van der Waals surface area contributed by atoms with Crippen LogP contribution < -0.4 is 10.6 Å². The third-order valence-electron chi connectivity index (χ3n) is 3.10. The van der Waals surface area contributed by atoms with Crippen LogP contribution in [0.15, 0.2) is 54.9 Å². The fraction of sp³-hybridized carbons (Fsp3) is 0.0667. The molecule has 3 rings (SSSR count). The minimum atomic E-state index is 0.708. The van der Waals surface area contributed by atoms with Crippen molar-refractivity contribution in [2.75, 3.05) is 17.7 Å². The highest BCUT2D eigenvalue weighted by atomic mass is 15.2. The Hall–Kier alpha value is -2.62. The number of nitrogens with zero attached hydrogens (tertiary/aromatic N) is 3.